The van der Waals surface area contributed by atoms with Gasteiger partial charge in [-0.2, -0.15) is 0 Å². The zero-order valence-corrected chi connectivity index (χ0v) is 23.5. The Morgan fingerprint density at radius 2 is 2.00 bits per heavy atom. The third-order valence-electron chi connectivity index (χ3n) is 5.34. The number of hydrogen-bond donors (Lipinski definition) is 1. The number of carbonyl (C=O) groups excluding carboxylic acids is 2. The van der Waals surface area contributed by atoms with Gasteiger partial charge in [0.15, 0.2) is 10.1 Å². The number of nitrogens with zero attached hydrogens (tertiary/aromatic N) is 4. The molecule has 36 heavy (non-hydrogen) atoms. The summed E-state index contributed by atoms with van der Waals surface area (Å²) in [6, 6.07) is 8.13. The summed E-state index contributed by atoms with van der Waals surface area (Å²) in [5, 5.41) is 23.3. The fourth-order valence-corrected chi connectivity index (χ4v) is 7.87. The molecule has 0 bridgehead atoms. The van der Waals surface area contributed by atoms with Gasteiger partial charge in [-0.3, -0.25) is 14.5 Å². The van der Waals surface area contributed by atoms with E-state index >= 15 is 0 Å². The summed E-state index contributed by atoms with van der Waals surface area (Å²) >= 11 is 17.5. The Hall–Kier alpha value is -2.28. The van der Waals surface area contributed by atoms with E-state index in [9.17, 15) is 14.7 Å². The van der Waals surface area contributed by atoms with E-state index in [4.69, 9.17) is 23.2 Å². The molecule has 4 heterocycles. The molecule has 13 heteroatoms. The number of ketones is 1. The van der Waals surface area contributed by atoms with Gasteiger partial charge < -0.3 is 5.11 Å². The van der Waals surface area contributed by atoms with Gasteiger partial charge in [0.1, 0.15) is 6.04 Å². The Morgan fingerprint density at radius 1 is 1.19 bits per heavy atom. The molecular formula is C23H16Cl2N4O3S4. The monoisotopic (exact) mass is 594 g/mol. The van der Waals surface area contributed by atoms with Crippen LogP contribution in [0.25, 0.3) is 0 Å². The molecule has 1 atom stereocenters. The zero-order chi connectivity index (χ0) is 25.6. The van der Waals surface area contributed by atoms with Gasteiger partial charge in [0.25, 0.3) is 5.91 Å². The number of halogens is 2. The maximum atomic E-state index is 13.6. The highest BCUT2D eigenvalue weighted by Gasteiger charge is 2.47. The second-order valence-electron chi connectivity index (χ2n) is 7.71. The van der Waals surface area contributed by atoms with Crippen molar-refractivity contribution in [3.8, 4) is 0 Å². The third kappa shape index (κ3) is 4.71. The van der Waals surface area contributed by atoms with Crippen molar-refractivity contribution in [1.29, 1.82) is 0 Å². The van der Waals surface area contributed by atoms with Crippen molar-refractivity contribution in [2.24, 2.45) is 0 Å². The minimum Gasteiger partial charge on any atom is -0.503 e. The van der Waals surface area contributed by atoms with E-state index in [2.05, 4.69) is 15.2 Å². The van der Waals surface area contributed by atoms with Crippen molar-refractivity contribution in [3.63, 3.8) is 0 Å². The van der Waals surface area contributed by atoms with Crippen molar-refractivity contribution >= 4 is 85.8 Å². The lowest BCUT2D eigenvalue weighted by Crippen LogP contribution is -2.30. The van der Waals surface area contributed by atoms with Crippen LogP contribution in [0.1, 0.15) is 36.9 Å². The zero-order valence-electron chi connectivity index (χ0n) is 18.7. The molecule has 1 amide bonds. The Labute approximate surface area is 232 Å². The second kappa shape index (κ2) is 10.2. The van der Waals surface area contributed by atoms with Crippen LogP contribution in [0.15, 0.2) is 51.4 Å². The molecular weight excluding hydrogens is 579 g/mol. The third-order valence-corrected chi connectivity index (χ3v) is 10.0. The van der Waals surface area contributed by atoms with Gasteiger partial charge in [-0.05, 0) is 43.0 Å². The molecule has 1 aliphatic heterocycles. The smallest absolute Gasteiger partial charge is 0.296 e. The first-order chi connectivity index (χ1) is 17.2. The summed E-state index contributed by atoms with van der Waals surface area (Å²) in [5.74, 6) is -1.16. The van der Waals surface area contributed by atoms with Crippen LogP contribution in [0.4, 0.5) is 5.13 Å². The van der Waals surface area contributed by atoms with Gasteiger partial charge in [-0.25, -0.2) is 4.98 Å². The van der Waals surface area contributed by atoms with Crippen molar-refractivity contribution in [2.45, 2.75) is 30.0 Å². The first kappa shape index (κ1) is 25.4. The van der Waals surface area contributed by atoms with Crippen LogP contribution < -0.4 is 4.90 Å². The molecule has 1 unspecified atom stereocenters. The van der Waals surface area contributed by atoms with E-state index < -0.39 is 23.5 Å². The number of amides is 1. The summed E-state index contributed by atoms with van der Waals surface area (Å²) < 4.78 is 0.613. The van der Waals surface area contributed by atoms with Crippen LogP contribution in [-0.4, -0.2) is 32.0 Å². The first-order valence-electron chi connectivity index (χ1n) is 10.4. The molecule has 184 valence electrons. The number of aliphatic hydroxyl groups is 1. The van der Waals surface area contributed by atoms with E-state index in [1.807, 2.05) is 30.5 Å². The van der Waals surface area contributed by atoms with Crippen LogP contribution in [-0.2, 0) is 10.5 Å². The normalized spacial score (nSPS) is 15.8. The number of carbonyl (C=O) groups is 2. The quantitative estimate of drug-likeness (QED) is 0.139. The fraction of sp³-hybridized carbons (Fsp3) is 0.174. The average Bonchev–Trinajstić information content (AvgIpc) is 3.61. The first-order valence-corrected chi connectivity index (χ1v) is 14.7. The second-order valence-corrected chi connectivity index (χ2v) is 12.9. The summed E-state index contributed by atoms with van der Waals surface area (Å²) in [4.78, 5) is 33.6. The number of aliphatic hydroxyl groups excluding tert-OH is 1. The molecule has 0 radical (unpaired) electrons. The molecule has 5 rings (SSSR count). The molecule has 1 aliphatic rings. The van der Waals surface area contributed by atoms with Crippen molar-refractivity contribution in [3.05, 3.63) is 83.1 Å². The van der Waals surface area contributed by atoms with Gasteiger partial charge in [0, 0.05) is 20.7 Å². The highest BCUT2D eigenvalue weighted by molar-refractivity contribution is 8.00. The molecule has 0 spiro atoms. The summed E-state index contributed by atoms with van der Waals surface area (Å²) in [6.07, 6.45) is 0. The van der Waals surface area contributed by atoms with E-state index in [1.54, 1.807) is 19.1 Å². The lowest BCUT2D eigenvalue weighted by molar-refractivity contribution is -0.117. The number of aromatic nitrogens is 3. The SMILES string of the molecule is Cc1nc(C)c(C(=O)C2=C(O)C(=O)N(c3nnc(SCc4ccc(Cl)cc4Cl)s3)C2c2cccs2)s1. The minimum absolute atomic E-state index is 0.0200. The number of thioether (sulfide) groups is 1. The largest absolute Gasteiger partial charge is 0.503 e. The fourth-order valence-electron chi connectivity index (χ4n) is 3.75. The molecule has 0 aliphatic carbocycles. The van der Waals surface area contributed by atoms with Gasteiger partial charge >= 0.3 is 0 Å². The highest BCUT2D eigenvalue weighted by atomic mass is 35.5. The van der Waals surface area contributed by atoms with Gasteiger partial charge in [0.2, 0.25) is 10.9 Å². The molecule has 0 saturated heterocycles. The topological polar surface area (TPSA) is 96.3 Å². The Kier molecular flexibility index (Phi) is 7.21. The maximum absolute atomic E-state index is 13.6. The van der Waals surface area contributed by atoms with Crippen LogP contribution in [0, 0.1) is 13.8 Å². The van der Waals surface area contributed by atoms with Crippen LogP contribution in [0.3, 0.4) is 0 Å². The predicted molar refractivity (Wildman–Crippen MR) is 146 cm³/mol. The number of anilines is 1. The lowest BCUT2D eigenvalue weighted by Gasteiger charge is -2.22. The van der Waals surface area contributed by atoms with Crippen LogP contribution in [0.2, 0.25) is 10.0 Å². The van der Waals surface area contributed by atoms with Gasteiger partial charge in [0.05, 0.1) is 21.2 Å². The van der Waals surface area contributed by atoms with E-state index in [0.29, 0.717) is 30.7 Å². The van der Waals surface area contributed by atoms with E-state index in [1.165, 1.54) is 50.7 Å². The number of Topliss-reactive ketones (excluding diaryl/α,β-unsaturated/α-hetero) is 1. The number of aryl methyl sites for hydroxylation is 2. The minimum atomic E-state index is -0.816. The standard InChI is InChI=1S/C23H16Cl2N4O3S4/c1-10-20(35-11(2)26-10)18(30)16-17(15-4-3-7-33-15)29(21(32)19(16)31)22-27-28-23(36-22)34-9-12-5-6-13(24)8-14(12)25/h3-8,17,31H,9H2,1-2H3. The molecule has 0 saturated carbocycles. The van der Waals surface area contributed by atoms with Crippen molar-refractivity contribution < 1.29 is 14.7 Å². The van der Waals surface area contributed by atoms with Crippen LogP contribution >= 0.6 is 69.0 Å². The van der Waals surface area contributed by atoms with Gasteiger partial charge in [-0.15, -0.1) is 32.9 Å². The molecule has 4 aromatic rings. The number of rotatable bonds is 7. The Morgan fingerprint density at radius 3 is 2.67 bits per heavy atom. The summed E-state index contributed by atoms with van der Waals surface area (Å²) in [7, 11) is 0. The number of thiophene rings is 1. The Bertz CT molecular complexity index is 1510. The molecule has 0 fully saturated rings. The molecule has 7 nitrogen and oxygen atoms in total. The predicted octanol–water partition coefficient (Wildman–Crippen LogP) is 7.05. The van der Waals surface area contributed by atoms with Crippen molar-refractivity contribution in [1.82, 2.24) is 15.2 Å². The number of benzene rings is 1. The molecule has 1 N–H and O–H groups in total. The summed E-state index contributed by atoms with van der Waals surface area (Å²) in [5.41, 5.74) is 1.47. The lowest BCUT2D eigenvalue weighted by atomic mass is 10.0. The summed E-state index contributed by atoms with van der Waals surface area (Å²) in [6.45, 7) is 3.55. The van der Waals surface area contributed by atoms with E-state index in [-0.39, 0.29) is 10.7 Å². The average molecular weight is 596 g/mol. The molecule has 3 aromatic heterocycles. The van der Waals surface area contributed by atoms with E-state index in [0.717, 1.165) is 15.4 Å². The van der Waals surface area contributed by atoms with Gasteiger partial charge in [-0.1, -0.05) is 58.4 Å². The van der Waals surface area contributed by atoms with Crippen molar-refractivity contribution in [2.75, 3.05) is 4.90 Å². The van der Waals surface area contributed by atoms with Crippen LogP contribution in [0.5, 0.6) is 0 Å². The highest BCUT2D eigenvalue weighted by Crippen LogP contribution is 2.45. The maximum Gasteiger partial charge on any atom is 0.296 e. The number of hydrogen-bond acceptors (Lipinski definition) is 10. The molecule has 1 aromatic carbocycles. The Balaban J connectivity index is 1.46. The number of thiazole rings is 1.